The summed E-state index contributed by atoms with van der Waals surface area (Å²) in [5.74, 6) is -1.11. The molecule has 4 nitrogen and oxygen atoms in total. The molecule has 0 atom stereocenters. The van der Waals surface area contributed by atoms with E-state index in [1.807, 2.05) is 0 Å². The summed E-state index contributed by atoms with van der Waals surface area (Å²) in [6, 6.07) is 2.80. The number of thiazole rings is 1. The third-order valence-electron chi connectivity index (χ3n) is 2.27. The lowest BCUT2D eigenvalue weighted by Crippen LogP contribution is -2.03. The molecule has 0 saturated heterocycles. The van der Waals surface area contributed by atoms with E-state index in [-0.39, 0.29) is 10.6 Å². The van der Waals surface area contributed by atoms with Crippen molar-refractivity contribution >= 4 is 57.8 Å². The summed E-state index contributed by atoms with van der Waals surface area (Å²) in [5, 5.41) is 12.5. The average Bonchev–Trinajstić information content (AvgIpc) is 2.73. The predicted octanol–water partition coefficient (Wildman–Crippen LogP) is 4.41. The van der Waals surface area contributed by atoms with Crippen molar-refractivity contribution in [3.05, 3.63) is 43.3 Å². The minimum absolute atomic E-state index is 0.00379. The van der Waals surface area contributed by atoms with Crippen LogP contribution >= 0.6 is 46.1 Å². The van der Waals surface area contributed by atoms with Gasteiger partial charge in [0, 0.05) is 11.1 Å². The maximum atomic E-state index is 11.0. The van der Waals surface area contributed by atoms with E-state index in [2.05, 4.69) is 10.3 Å². The molecule has 1 aromatic carbocycles. The molecule has 19 heavy (non-hydrogen) atoms. The lowest BCUT2D eigenvalue weighted by Gasteiger charge is -2.09. The summed E-state index contributed by atoms with van der Waals surface area (Å²) < 4.78 is 0.449. The van der Waals surface area contributed by atoms with Gasteiger partial charge in [0.15, 0.2) is 4.47 Å². The maximum Gasteiger partial charge on any atom is 0.337 e. The molecule has 1 heterocycles. The molecule has 2 rings (SSSR count). The Labute approximate surface area is 127 Å². The molecule has 100 valence electrons. The molecule has 8 heteroatoms. The number of aromatic carboxylic acids is 1. The first kappa shape index (κ1) is 14.4. The number of nitrogens with zero attached hydrogens (tertiary/aromatic N) is 1. The summed E-state index contributed by atoms with van der Waals surface area (Å²) in [5.41, 5.74) is 0.490. The fourth-order valence-corrected chi connectivity index (χ4v) is 2.84. The molecule has 0 saturated carbocycles. The Morgan fingerprint density at radius 1 is 1.32 bits per heavy atom. The quantitative estimate of drug-likeness (QED) is 0.867. The van der Waals surface area contributed by atoms with Crippen LogP contribution in [-0.2, 0) is 6.54 Å². The molecule has 0 fully saturated rings. The third kappa shape index (κ3) is 3.51. The Kier molecular flexibility index (Phi) is 4.52. The summed E-state index contributed by atoms with van der Waals surface area (Å²) in [4.78, 5) is 15.8. The first-order valence-electron chi connectivity index (χ1n) is 5.04. The molecule has 0 amide bonds. The number of carbonyl (C=O) groups is 1. The van der Waals surface area contributed by atoms with Gasteiger partial charge in [0.05, 0.1) is 27.8 Å². The van der Waals surface area contributed by atoms with Crippen LogP contribution in [0, 0.1) is 0 Å². The fourth-order valence-electron chi connectivity index (χ4n) is 1.40. The van der Waals surface area contributed by atoms with Crippen LogP contribution in [0.3, 0.4) is 0 Å². The predicted molar refractivity (Wildman–Crippen MR) is 77.9 cm³/mol. The molecule has 0 spiro atoms. The molecule has 0 unspecified atom stereocenters. The van der Waals surface area contributed by atoms with Gasteiger partial charge in [-0.3, -0.25) is 0 Å². The number of rotatable bonds is 4. The zero-order chi connectivity index (χ0) is 14.0. The van der Waals surface area contributed by atoms with Gasteiger partial charge in [0.25, 0.3) is 0 Å². The molecule has 0 aliphatic heterocycles. The van der Waals surface area contributed by atoms with Gasteiger partial charge in [-0.1, -0.05) is 34.8 Å². The lowest BCUT2D eigenvalue weighted by atomic mass is 10.2. The van der Waals surface area contributed by atoms with Crippen LogP contribution in [0.5, 0.6) is 0 Å². The minimum atomic E-state index is -1.11. The van der Waals surface area contributed by atoms with Gasteiger partial charge in [0.1, 0.15) is 0 Å². The van der Waals surface area contributed by atoms with E-state index in [1.54, 1.807) is 6.20 Å². The van der Waals surface area contributed by atoms with E-state index in [1.165, 1.54) is 23.5 Å². The first-order chi connectivity index (χ1) is 8.97. The summed E-state index contributed by atoms with van der Waals surface area (Å²) in [6.45, 7) is 0.449. The summed E-state index contributed by atoms with van der Waals surface area (Å²) >= 11 is 18.9. The van der Waals surface area contributed by atoms with Crippen molar-refractivity contribution in [2.45, 2.75) is 6.54 Å². The van der Waals surface area contributed by atoms with Gasteiger partial charge >= 0.3 is 5.97 Å². The van der Waals surface area contributed by atoms with Gasteiger partial charge < -0.3 is 10.4 Å². The second kappa shape index (κ2) is 5.96. The van der Waals surface area contributed by atoms with Crippen molar-refractivity contribution in [2.75, 3.05) is 5.32 Å². The molecule has 2 aromatic rings. The summed E-state index contributed by atoms with van der Waals surface area (Å²) in [7, 11) is 0. The van der Waals surface area contributed by atoms with Crippen LogP contribution in [0.15, 0.2) is 18.3 Å². The number of nitrogens with one attached hydrogen (secondary N) is 1. The summed E-state index contributed by atoms with van der Waals surface area (Å²) in [6.07, 6.45) is 1.64. The Balaban J connectivity index is 2.20. The Bertz CT molecular complexity index is 630. The van der Waals surface area contributed by atoms with Crippen molar-refractivity contribution < 1.29 is 9.90 Å². The van der Waals surface area contributed by atoms with Crippen LogP contribution in [-0.4, -0.2) is 16.1 Å². The van der Waals surface area contributed by atoms with Crippen molar-refractivity contribution in [1.29, 1.82) is 0 Å². The average molecular weight is 338 g/mol. The van der Waals surface area contributed by atoms with Crippen molar-refractivity contribution in [3.8, 4) is 0 Å². The topological polar surface area (TPSA) is 62.2 Å². The molecule has 2 N–H and O–H groups in total. The molecular weight excluding hydrogens is 331 g/mol. The molecular formula is C11H7Cl3N2O2S. The fraction of sp³-hybridized carbons (Fsp3) is 0.0909. The minimum Gasteiger partial charge on any atom is -0.478 e. The second-order valence-electron chi connectivity index (χ2n) is 3.55. The second-order valence-corrected chi connectivity index (χ2v) is 6.06. The first-order valence-corrected chi connectivity index (χ1v) is 6.99. The number of anilines is 1. The van der Waals surface area contributed by atoms with E-state index in [0.717, 1.165) is 4.88 Å². The van der Waals surface area contributed by atoms with Crippen molar-refractivity contribution in [1.82, 2.24) is 4.98 Å². The highest BCUT2D eigenvalue weighted by Gasteiger charge is 2.13. The van der Waals surface area contributed by atoms with Crippen LogP contribution < -0.4 is 5.32 Å². The normalized spacial score (nSPS) is 10.5. The van der Waals surface area contributed by atoms with Crippen LogP contribution in [0.25, 0.3) is 0 Å². The SMILES string of the molecule is O=C(O)c1cc(NCc2cnc(Cl)s2)c(Cl)cc1Cl. The molecule has 0 aliphatic carbocycles. The third-order valence-corrected chi connectivity index (χ3v) is 4.01. The van der Waals surface area contributed by atoms with Gasteiger partial charge in [-0.15, -0.1) is 11.3 Å². The lowest BCUT2D eigenvalue weighted by molar-refractivity contribution is 0.0697. The number of benzene rings is 1. The largest absolute Gasteiger partial charge is 0.478 e. The molecule has 0 aliphatic rings. The monoisotopic (exact) mass is 336 g/mol. The van der Waals surface area contributed by atoms with Crippen molar-refractivity contribution in [3.63, 3.8) is 0 Å². The van der Waals surface area contributed by atoms with Crippen molar-refractivity contribution in [2.24, 2.45) is 0 Å². The van der Waals surface area contributed by atoms with Gasteiger partial charge in [-0.05, 0) is 12.1 Å². The number of halogens is 3. The highest BCUT2D eigenvalue weighted by atomic mass is 35.5. The van der Waals surface area contributed by atoms with Gasteiger partial charge in [0.2, 0.25) is 0 Å². The highest BCUT2D eigenvalue weighted by molar-refractivity contribution is 7.15. The molecule has 0 bridgehead atoms. The van der Waals surface area contributed by atoms with E-state index in [9.17, 15) is 4.79 Å². The maximum absolute atomic E-state index is 11.0. The smallest absolute Gasteiger partial charge is 0.337 e. The van der Waals surface area contributed by atoms with Crippen LogP contribution in [0.4, 0.5) is 5.69 Å². The van der Waals surface area contributed by atoms with Crippen LogP contribution in [0.1, 0.15) is 15.2 Å². The van der Waals surface area contributed by atoms with E-state index in [0.29, 0.717) is 21.7 Å². The van der Waals surface area contributed by atoms with E-state index >= 15 is 0 Å². The Hall–Kier alpha value is -1.01. The van der Waals surface area contributed by atoms with Gasteiger partial charge in [-0.25, -0.2) is 9.78 Å². The van der Waals surface area contributed by atoms with E-state index < -0.39 is 5.97 Å². The standard InChI is InChI=1S/C11H7Cl3N2O2S/c12-7-2-8(13)9(1-6(7)10(17)18)15-3-5-4-16-11(14)19-5/h1-2,4,15H,3H2,(H,17,18). The zero-order valence-corrected chi connectivity index (χ0v) is 12.4. The Morgan fingerprint density at radius 2 is 2.05 bits per heavy atom. The number of hydrogen-bond acceptors (Lipinski definition) is 4. The van der Waals surface area contributed by atoms with Gasteiger partial charge in [-0.2, -0.15) is 0 Å². The highest BCUT2D eigenvalue weighted by Crippen LogP contribution is 2.30. The number of carboxylic acid groups (broad SMARTS) is 1. The zero-order valence-electron chi connectivity index (χ0n) is 9.28. The van der Waals surface area contributed by atoms with E-state index in [4.69, 9.17) is 39.9 Å². The number of aromatic nitrogens is 1. The van der Waals surface area contributed by atoms with Crippen LogP contribution in [0.2, 0.25) is 14.5 Å². The molecule has 1 aromatic heterocycles. The number of hydrogen-bond donors (Lipinski definition) is 2. The molecule has 0 radical (unpaired) electrons. The number of carboxylic acids is 1. The Morgan fingerprint density at radius 3 is 2.63 bits per heavy atom.